The molecule has 0 aromatic rings. The second-order valence-electron chi connectivity index (χ2n) is 9.11. The zero-order chi connectivity index (χ0) is 20.8. The van der Waals surface area contributed by atoms with Gasteiger partial charge in [0.1, 0.15) is 17.3 Å². The normalized spacial score (nSPS) is 42.8. The van der Waals surface area contributed by atoms with Crippen LogP contribution in [0.2, 0.25) is 0 Å². The Morgan fingerprint density at radius 2 is 1.71 bits per heavy atom. The third kappa shape index (κ3) is 4.36. The van der Waals surface area contributed by atoms with E-state index in [9.17, 15) is 20.1 Å². The van der Waals surface area contributed by atoms with Crippen molar-refractivity contribution in [3.63, 3.8) is 0 Å². The molecule has 0 radical (unpaired) electrons. The van der Waals surface area contributed by atoms with Gasteiger partial charge < -0.3 is 39.8 Å². The van der Waals surface area contributed by atoms with Gasteiger partial charge in [0.05, 0.1) is 37.1 Å². The van der Waals surface area contributed by atoms with Gasteiger partial charge in [-0.2, -0.15) is 0 Å². The van der Waals surface area contributed by atoms with Crippen LogP contribution in [0.1, 0.15) is 48.5 Å². The van der Waals surface area contributed by atoms with E-state index in [4.69, 9.17) is 14.2 Å². The highest BCUT2D eigenvalue weighted by molar-refractivity contribution is 5.82. The van der Waals surface area contributed by atoms with Gasteiger partial charge in [-0.05, 0) is 33.8 Å². The third-order valence-corrected chi connectivity index (χ3v) is 6.80. The van der Waals surface area contributed by atoms with Crippen molar-refractivity contribution in [2.75, 3.05) is 13.2 Å². The average molecular weight is 403 g/mol. The molecule has 164 valence electrons. The highest BCUT2D eigenvalue weighted by Gasteiger charge is 2.53. The van der Waals surface area contributed by atoms with Gasteiger partial charge in [-0.3, -0.25) is 0 Å². The Morgan fingerprint density at radius 3 is 2.25 bits per heavy atom. The summed E-state index contributed by atoms with van der Waals surface area (Å²) in [4.78, 5) is 11.1. The number of aliphatic carboxylic acids is 1. The predicted octanol–water partition coefficient (Wildman–Crippen LogP) is -0.201. The summed E-state index contributed by atoms with van der Waals surface area (Å²) in [6, 6.07) is 0. The van der Waals surface area contributed by atoms with Crippen molar-refractivity contribution >= 4 is 5.97 Å². The summed E-state index contributed by atoms with van der Waals surface area (Å²) in [5.41, 5.74) is -2.10. The van der Waals surface area contributed by atoms with Gasteiger partial charge in [-0.1, -0.05) is 20.8 Å². The Labute approximate surface area is 166 Å². The summed E-state index contributed by atoms with van der Waals surface area (Å²) in [6.07, 6.45) is -0.689. The van der Waals surface area contributed by atoms with Crippen molar-refractivity contribution in [1.29, 1.82) is 0 Å². The van der Waals surface area contributed by atoms with E-state index in [1.54, 1.807) is 13.8 Å². The molecule has 0 aromatic heterocycles. The quantitative estimate of drug-likeness (QED) is 0.648. The molecule has 0 saturated carbocycles. The lowest BCUT2D eigenvalue weighted by Gasteiger charge is -2.53. The van der Waals surface area contributed by atoms with Gasteiger partial charge in [0.2, 0.25) is 0 Å². The molecule has 8 heteroatoms. The lowest BCUT2D eigenvalue weighted by molar-refractivity contribution is -0.307. The molecule has 0 bridgehead atoms. The second-order valence-corrected chi connectivity index (χ2v) is 9.11. The van der Waals surface area contributed by atoms with Crippen LogP contribution in [0.3, 0.4) is 0 Å². The number of hydrogen-bond acceptors (Lipinski definition) is 7. The van der Waals surface area contributed by atoms with Crippen LogP contribution in [-0.2, 0) is 19.0 Å². The molecule has 1 fully saturated rings. The number of carbonyl (C=O) groups excluding carboxylic acids is 1. The van der Waals surface area contributed by atoms with Gasteiger partial charge in [-0.15, -0.1) is 0 Å². The van der Waals surface area contributed by atoms with Crippen LogP contribution < -0.4 is 5.11 Å². The number of carboxylic acids is 1. The van der Waals surface area contributed by atoms with Crippen LogP contribution in [0.5, 0.6) is 0 Å². The van der Waals surface area contributed by atoms with Crippen molar-refractivity contribution in [2.24, 2.45) is 17.3 Å². The Kier molecular flexibility index (Phi) is 7.35. The van der Waals surface area contributed by atoms with Crippen molar-refractivity contribution < 1.29 is 39.8 Å². The first-order valence-electron chi connectivity index (χ1n) is 9.48. The van der Waals surface area contributed by atoms with E-state index in [2.05, 4.69) is 0 Å². The third-order valence-electron chi connectivity index (χ3n) is 6.80. The molecule has 3 unspecified atom stereocenters. The molecule has 0 aliphatic carbocycles. The molecule has 7 atom stereocenters. The fourth-order valence-electron chi connectivity index (χ4n) is 3.88. The van der Waals surface area contributed by atoms with Crippen LogP contribution in [-0.4, -0.2) is 64.4 Å². The van der Waals surface area contributed by atoms with Gasteiger partial charge >= 0.3 is 0 Å². The van der Waals surface area contributed by atoms with Crippen LogP contribution in [0.15, 0.2) is 11.8 Å². The lowest BCUT2D eigenvalue weighted by atomic mass is 9.68. The van der Waals surface area contributed by atoms with Crippen molar-refractivity contribution in [1.82, 2.24) is 0 Å². The minimum atomic E-state index is -1.47. The van der Waals surface area contributed by atoms with E-state index in [1.807, 2.05) is 34.6 Å². The summed E-state index contributed by atoms with van der Waals surface area (Å²) in [5.74, 6) is -2.32. The SMILES string of the molecule is CC1[C@H](O)[C@](C)(COC[C@@]2(C)OC(C(=O)[O-])=C[C@@H](O)C2C)C(C)OC1(C)C.O. The molecule has 2 heterocycles. The molecule has 4 N–H and O–H groups in total. The minimum absolute atomic E-state index is 0. The van der Waals surface area contributed by atoms with Gasteiger partial charge in [-0.25, -0.2) is 0 Å². The zero-order valence-electron chi connectivity index (χ0n) is 17.8. The first kappa shape index (κ1) is 24.8. The molecule has 0 spiro atoms. The Bertz CT molecular complexity index is 603. The second kappa shape index (κ2) is 8.28. The first-order valence-corrected chi connectivity index (χ1v) is 9.48. The molecule has 28 heavy (non-hydrogen) atoms. The molecular formula is C20H35O8-. The number of rotatable bonds is 5. The predicted molar refractivity (Wildman–Crippen MR) is 100 cm³/mol. The van der Waals surface area contributed by atoms with Crippen LogP contribution >= 0.6 is 0 Å². The molecule has 2 aliphatic rings. The average Bonchev–Trinajstić information content (AvgIpc) is 2.56. The maximum absolute atomic E-state index is 11.1. The van der Waals surface area contributed by atoms with Gasteiger partial charge in [0.15, 0.2) is 0 Å². The lowest BCUT2D eigenvalue weighted by Crippen LogP contribution is -2.61. The fourth-order valence-corrected chi connectivity index (χ4v) is 3.88. The summed E-state index contributed by atoms with van der Waals surface area (Å²) < 4.78 is 17.6. The van der Waals surface area contributed by atoms with Crippen LogP contribution in [0, 0.1) is 17.3 Å². The molecule has 1 saturated heterocycles. The molecule has 0 amide bonds. The highest BCUT2D eigenvalue weighted by atomic mass is 16.6. The Morgan fingerprint density at radius 1 is 1.14 bits per heavy atom. The van der Waals surface area contributed by atoms with Crippen molar-refractivity contribution in [2.45, 2.75) is 78.0 Å². The molecule has 2 aliphatic heterocycles. The highest BCUT2D eigenvalue weighted by Crippen LogP contribution is 2.45. The van der Waals surface area contributed by atoms with E-state index in [0.29, 0.717) is 0 Å². The molecule has 0 aromatic carbocycles. The van der Waals surface area contributed by atoms with Crippen LogP contribution in [0.25, 0.3) is 0 Å². The Hall–Kier alpha value is -1.19. The van der Waals surface area contributed by atoms with Crippen molar-refractivity contribution in [3.05, 3.63) is 11.8 Å². The zero-order valence-corrected chi connectivity index (χ0v) is 17.8. The molecule has 8 nitrogen and oxygen atoms in total. The summed E-state index contributed by atoms with van der Waals surface area (Å²) in [5, 5.41) is 32.2. The van der Waals surface area contributed by atoms with E-state index >= 15 is 0 Å². The minimum Gasteiger partial charge on any atom is -0.542 e. The summed E-state index contributed by atoms with van der Waals surface area (Å²) in [7, 11) is 0. The topological polar surface area (TPSA) is 140 Å². The summed E-state index contributed by atoms with van der Waals surface area (Å²) in [6.45, 7) is 13.5. The van der Waals surface area contributed by atoms with E-state index < -0.39 is 34.8 Å². The van der Waals surface area contributed by atoms with E-state index in [-0.39, 0.29) is 42.4 Å². The number of carboxylic acid groups (broad SMARTS) is 1. The fraction of sp³-hybridized carbons (Fsp3) is 0.850. The molecule has 2 rings (SSSR count). The van der Waals surface area contributed by atoms with E-state index in [1.165, 1.54) is 0 Å². The largest absolute Gasteiger partial charge is 0.542 e. The smallest absolute Gasteiger partial charge is 0.141 e. The molecular weight excluding hydrogens is 368 g/mol. The standard InChI is InChI=1S/C20H34O7.H2O/c1-11-14(21)8-15(17(23)24)27-20(11,7)10-25-9-19(6)13(3)26-18(4,5)12(2)16(19)22;/h8,11-14,16,21-22H,9-10H2,1-7H3,(H,23,24);1H2/p-1/t11?,12?,13?,14-,16+,19-,20-;/m1./s1. The number of carbonyl (C=O) groups is 1. The maximum atomic E-state index is 11.1. The summed E-state index contributed by atoms with van der Waals surface area (Å²) >= 11 is 0. The first-order chi connectivity index (χ1) is 12.2. The number of aliphatic hydroxyl groups excluding tert-OH is 2. The monoisotopic (exact) mass is 403 g/mol. The number of ether oxygens (including phenoxy) is 3. The van der Waals surface area contributed by atoms with Gasteiger partial charge in [0, 0.05) is 17.3 Å². The van der Waals surface area contributed by atoms with Crippen molar-refractivity contribution in [3.8, 4) is 0 Å². The number of aliphatic hydroxyl groups is 2. The van der Waals surface area contributed by atoms with E-state index in [0.717, 1.165) is 6.08 Å². The number of hydrogen-bond donors (Lipinski definition) is 2. The van der Waals surface area contributed by atoms with Gasteiger partial charge in [0.25, 0.3) is 0 Å². The maximum Gasteiger partial charge on any atom is 0.141 e. The Balaban J connectivity index is 0.00000392. The van der Waals surface area contributed by atoms with Crippen LogP contribution in [0.4, 0.5) is 0 Å².